The first-order chi connectivity index (χ1) is 7.79. The molecule has 84 valence electrons. The van der Waals surface area contributed by atoms with Crippen molar-refractivity contribution < 1.29 is 4.74 Å². The maximum absolute atomic E-state index is 5.74. The third-order valence-electron chi connectivity index (χ3n) is 2.31. The minimum Gasteiger partial charge on any atom is -0.495 e. The molecule has 2 aromatic rings. The van der Waals surface area contributed by atoms with E-state index in [-0.39, 0.29) is 0 Å². The second-order valence-electron chi connectivity index (χ2n) is 3.44. The Morgan fingerprint density at radius 3 is 2.94 bits per heavy atom. The van der Waals surface area contributed by atoms with Crippen molar-refractivity contribution in [2.75, 3.05) is 18.2 Å². The Kier molecular flexibility index (Phi) is 3.31. The molecule has 1 heterocycles. The summed E-state index contributed by atoms with van der Waals surface area (Å²) in [6.07, 6.45) is 0. The van der Waals surface area contributed by atoms with Crippen molar-refractivity contribution in [2.45, 2.75) is 6.54 Å². The van der Waals surface area contributed by atoms with Gasteiger partial charge in [-0.2, -0.15) is 11.3 Å². The predicted molar refractivity (Wildman–Crippen MR) is 69.1 cm³/mol. The van der Waals surface area contributed by atoms with Crippen LogP contribution < -0.4 is 15.8 Å². The quantitative estimate of drug-likeness (QED) is 0.800. The van der Waals surface area contributed by atoms with Crippen LogP contribution in [0.25, 0.3) is 0 Å². The number of benzene rings is 1. The van der Waals surface area contributed by atoms with Crippen LogP contribution >= 0.6 is 11.3 Å². The molecule has 0 fully saturated rings. The van der Waals surface area contributed by atoms with Gasteiger partial charge in [0.1, 0.15) is 5.75 Å². The third kappa shape index (κ3) is 2.46. The lowest BCUT2D eigenvalue weighted by Crippen LogP contribution is -1.99. The number of nitrogens with one attached hydrogen (secondary N) is 1. The van der Waals surface area contributed by atoms with Crippen LogP contribution in [0.4, 0.5) is 11.4 Å². The summed E-state index contributed by atoms with van der Waals surface area (Å²) in [5.74, 6) is 0.704. The van der Waals surface area contributed by atoms with E-state index in [1.807, 2.05) is 18.2 Å². The van der Waals surface area contributed by atoms with E-state index in [2.05, 4.69) is 22.1 Å². The first-order valence-corrected chi connectivity index (χ1v) is 5.92. The second-order valence-corrected chi connectivity index (χ2v) is 4.22. The predicted octanol–water partition coefficient (Wildman–Crippen LogP) is 2.95. The lowest BCUT2D eigenvalue weighted by molar-refractivity contribution is 0.417. The Labute approximate surface area is 98.9 Å². The fraction of sp³-hybridized carbons (Fsp3) is 0.167. The molecule has 0 atom stereocenters. The zero-order valence-electron chi connectivity index (χ0n) is 9.07. The summed E-state index contributed by atoms with van der Waals surface area (Å²) in [7, 11) is 1.62. The molecule has 0 aliphatic heterocycles. The maximum Gasteiger partial charge on any atom is 0.143 e. The SMILES string of the molecule is COc1cc(NCc2ccsc2)ccc1N. The lowest BCUT2D eigenvalue weighted by Gasteiger charge is -2.09. The molecule has 4 heteroatoms. The Balaban J connectivity index is 2.04. The molecular formula is C12H14N2OS. The smallest absolute Gasteiger partial charge is 0.143 e. The van der Waals surface area contributed by atoms with Crippen LogP contribution in [0.1, 0.15) is 5.56 Å². The molecule has 0 spiro atoms. The molecule has 3 nitrogen and oxygen atoms in total. The zero-order valence-corrected chi connectivity index (χ0v) is 9.88. The van der Waals surface area contributed by atoms with Crippen LogP contribution in [-0.4, -0.2) is 7.11 Å². The van der Waals surface area contributed by atoms with Gasteiger partial charge in [-0.1, -0.05) is 0 Å². The molecule has 0 bridgehead atoms. The van der Waals surface area contributed by atoms with Gasteiger partial charge in [-0.05, 0) is 34.5 Å². The Bertz CT molecular complexity index is 454. The fourth-order valence-corrected chi connectivity index (χ4v) is 2.09. The Morgan fingerprint density at radius 1 is 1.38 bits per heavy atom. The first-order valence-electron chi connectivity index (χ1n) is 4.98. The summed E-state index contributed by atoms with van der Waals surface area (Å²) in [5, 5.41) is 7.52. The number of ether oxygens (including phenoxy) is 1. The standard InChI is InChI=1S/C12H14N2OS/c1-15-12-6-10(2-3-11(12)13)14-7-9-4-5-16-8-9/h2-6,8,14H,7,13H2,1H3. The maximum atomic E-state index is 5.74. The van der Waals surface area contributed by atoms with Gasteiger partial charge >= 0.3 is 0 Å². The molecular weight excluding hydrogens is 220 g/mol. The molecule has 3 N–H and O–H groups in total. The highest BCUT2D eigenvalue weighted by Crippen LogP contribution is 2.25. The highest BCUT2D eigenvalue weighted by molar-refractivity contribution is 7.07. The molecule has 0 aliphatic rings. The van der Waals surface area contributed by atoms with Gasteiger partial charge in [0, 0.05) is 18.3 Å². The van der Waals surface area contributed by atoms with Crippen molar-refractivity contribution in [2.24, 2.45) is 0 Å². The summed E-state index contributed by atoms with van der Waals surface area (Å²) in [5.41, 5.74) is 8.69. The van der Waals surface area contributed by atoms with E-state index >= 15 is 0 Å². The van der Waals surface area contributed by atoms with Gasteiger partial charge in [0.2, 0.25) is 0 Å². The largest absolute Gasteiger partial charge is 0.495 e. The minimum atomic E-state index is 0.656. The van der Waals surface area contributed by atoms with Crippen LogP contribution in [0, 0.1) is 0 Å². The Morgan fingerprint density at radius 2 is 2.25 bits per heavy atom. The van der Waals surface area contributed by atoms with Crippen LogP contribution in [0.2, 0.25) is 0 Å². The molecule has 1 aromatic heterocycles. The van der Waals surface area contributed by atoms with Crippen LogP contribution in [0.15, 0.2) is 35.0 Å². The van der Waals surface area contributed by atoms with Crippen LogP contribution in [0.3, 0.4) is 0 Å². The number of nitrogen functional groups attached to an aromatic ring is 1. The normalized spacial score (nSPS) is 10.1. The summed E-state index contributed by atoms with van der Waals surface area (Å²) < 4.78 is 5.16. The van der Waals surface area contributed by atoms with E-state index in [4.69, 9.17) is 10.5 Å². The van der Waals surface area contributed by atoms with E-state index in [9.17, 15) is 0 Å². The molecule has 2 rings (SSSR count). The van der Waals surface area contributed by atoms with Crippen LogP contribution in [0.5, 0.6) is 5.75 Å². The molecule has 0 amide bonds. The second kappa shape index (κ2) is 4.90. The zero-order chi connectivity index (χ0) is 11.4. The number of hydrogen-bond acceptors (Lipinski definition) is 4. The molecule has 0 radical (unpaired) electrons. The highest BCUT2D eigenvalue weighted by atomic mass is 32.1. The molecule has 0 unspecified atom stereocenters. The Hall–Kier alpha value is -1.68. The third-order valence-corrected chi connectivity index (χ3v) is 3.04. The number of thiophene rings is 1. The number of nitrogens with two attached hydrogens (primary N) is 1. The highest BCUT2D eigenvalue weighted by Gasteiger charge is 2.00. The first kappa shape index (κ1) is 10.8. The summed E-state index contributed by atoms with van der Waals surface area (Å²) in [4.78, 5) is 0. The van der Waals surface area contributed by atoms with Crippen molar-refractivity contribution >= 4 is 22.7 Å². The average molecular weight is 234 g/mol. The molecule has 0 aliphatic carbocycles. The topological polar surface area (TPSA) is 47.3 Å². The number of anilines is 2. The van der Waals surface area contributed by atoms with E-state index in [0.29, 0.717) is 11.4 Å². The van der Waals surface area contributed by atoms with Crippen molar-refractivity contribution in [1.82, 2.24) is 0 Å². The average Bonchev–Trinajstić information content (AvgIpc) is 2.81. The lowest BCUT2D eigenvalue weighted by atomic mass is 10.2. The van der Waals surface area contributed by atoms with Crippen molar-refractivity contribution in [1.29, 1.82) is 0 Å². The number of rotatable bonds is 4. The summed E-state index contributed by atoms with van der Waals surface area (Å²) >= 11 is 1.70. The van der Waals surface area contributed by atoms with Gasteiger partial charge in [0.25, 0.3) is 0 Å². The van der Waals surface area contributed by atoms with E-state index in [0.717, 1.165) is 12.2 Å². The molecule has 0 saturated carbocycles. The molecule has 0 saturated heterocycles. The van der Waals surface area contributed by atoms with E-state index in [1.165, 1.54) is 5.56 Å². The van der Waals surface area contributed by atoms with Crippen LogP contribution in [-0.2, 0) is 6.54 Å². The van der Waals surface area contributed by atoms with Crippen molar-refractivity contribution in [3.63, 3.8) is 0 Å². The van der Waals surface area contributed by atoms with Gasteiger partial charge < -0.3 is 15.8 Å². The van der Waals surface area contributed by atoms with Gasteiger partial charge in [0.15, 0.2) is 0 Å². The van der Waals surface area contributed by atoms with Gasteiger partial charge in [-0.3, -0.25) is 0 Å². The monoisotopic (exact) mass is 234 g/mol. The van der Waals surface area contributed by atoms with Gasteiger partial charge in [-0.25, -0.2) is 0 Å². The fourth-order valence-electron chi connectivity index (χ4n) is 1.42. The van der Waals surface area contributed by atoms with E-state index < -0.39 is 0 Å². The summed E-state index contributed by atoms with van der Waals surface area (Å²) in [6, 6.07) is 7.80. The van der Waals surface area contributed by atoms with Gasteiger partial charge in [-0.15, -0.1) is 0 Å². The van der Waals surface area contributed by atoms with Gasteiger partial charge in [0.05, 0.1) is 12.8 Å². The number of hydrogen-bond donors (Lipinski definition) is 2. The number of methoxy groups -OCH3 is 1. The molecule has 1 aromatic carbocycles. The molecule has 16 heavy (non-hydrogen) atoms. The van der Waals surface area contributed by atoms with E-state index in [1.54, 1.807) is 18.4 Å². The minimum absolute atomic E-state index is 0.656. The van der Waals surface area contributed by atoms with Crippen molar-refractivity contribution in [3.8, 4) is 5.75 Å². The summed E-state index contributed by atoms with van der Waals surface area (Å²) in [6.45, 7) is 0.816. The van der Waals surface area contributed by atoms with Crippen molar-refractivity contribution in [3.05, 3.63) is 40.6 Å².